The number of hydrogen-bond acceptors (Lipinski definition) is 2. The topological polar surface area (TPSA) is 16.4 Å². The summed E-state index contributed by atoms with van der Waals surface area (Å²) in [6.07, 6.45) is 0. The third kappa shape index (κ3) is 4.88. The number of nitrogens with zero attached hydrogens (tertiary/aromatic N) is 1. The molecular weight excluding hydrogens is 655 g/mol. The van der Waals surface area contributed by atoms with Gasteiger partial charge in [0.05, 0.1) is 0 Å². The smallest absolute Gasteiger partial charge is 0.137 e. The molecule has 0 N–H and O–H groups in total. The molecule has 2 nitrogen and oxygen atoms in total. The average Bonchev–Trinajstić information content (AvgIpc) is 3.62. The van der Waals surface area contributed by atoms with Gasteiger partial charge in [-0.25, -0.2) is 0 Å². The van der Waals surface area contributed by atoms with Crippen molar-refractivity contribution >= 4 is 82.1 Å². The zero-order chi connectivity index (χ0) is 35.6. The second kappa shape index (κ2) is 12.2. The molecule has 252 valence electrons. The van der Waals surface area contributed by atoms with E-state index in [2.05, 4.69) is 193 Å². The zero-order valence-corrected chi connectivity index (χ0v) is 29.4. The van der Waals surface area contributed by atoms with Crippen LogP contribution in [0.1, 0.15) is 0 Å². The summed E-state index contributed by atoms with van der Waals surface area (Å²) in [5.41, 5.74) is 9.79. The van der Waals surface area contributed by atoms with Gasteiger partial charge in [-0.2, -0.15) is 0 Å². The van der Waals surface area contributed by atoms with E-state index in [1.165, 1.54) is 65.3 Å². The van der Waals surface area contributed by atoms with E-state index in [1.807, 2.05) is 12.1 Å². The lowest BCUT2D eigenvalue weighted by Gasteiger charge is -2.26. The van der Waals surface area contributed by atoms with Gasteiger partial charge in [0.15, 0.2) is 0 Å². The Morgan fingerprint density at radius 2 is 0.722 bits per heavy atom. The van der Waals surface area contributed by atoms with Crippen LogP contribution in [0.4, 0.5) is 17.1 Å². The minimum atomic E-state index is 0.873. The molecule has 0 aliphatic heterocycles. The SMILES string of the molecule is c1ccc2c(c1)ccc1c(-c3ccc(N(c4ccc(-c5cccc6c5ccc5ccccc56)cc4)c4ccc5c(c4)oc4ccccc45)cc3)cccc12. The largest absolute Gasteiger partial charge is 0.456 e. The van der Waals surface area contributed by atoms with Crippen LogP contribution in [0.25, 0.3) is 87.3 Å². The van der Waals surface area contributed by atoms with Gasteiger partial charge in [0, 0.05) is 33.9 Å². The van der Waals surface area contributed by atoms with Gasteiger partial charge in [0.1, 0.15) is 11.2 Å². The van der Waals surface area contributed by atoms with Crippen LogP contribution >= 0.6 is 0 Å². The molecule has 0 aliphatic rings. The first kappa shape index (κ1) is 30.5. The van der Waals surface area contributed by atoms with Crippen molar-refractivity contribution in [1.82, 2.24) is 0 Å². The predicted octanol–water partition coefficient (Wildman–Crippen LogP) is 15.0. The molecule has 0 radical (unpaired) electrons. The Labute approximate surface area is 312 Å². The first-order chi connectivity index (χ1) is 26.8. The summed E-state index contributed by atoms with van der Waals surface area (Å²) in [5, 5.41) is 12.4. The molecule has 1 heterocycles. The van der Waals surface area contributed by atoms with Gasteiger partial charge in [-0.1, -0.05) is 152 Å². The standard InChI is InChI=1S/C52H33NO/c1-3-11-41-34(9-1)23-30-47-43(14-7-16-45(41)47)36-19-25-38(26-20-36)53(40-29-32-50-49-13-5-6-18-51(49)54-52(50)33-40)39-27-21-37(22-28-39)44-15-8-17-46-42-12-4-2-10-35(42)24-31-48(44)46/h1-33H. The Hall–Kier alpha value is -7.16. The maximum absolute atomic E-state index is 6.39. The molecule has 0 unspecified atom stereocenters. The lowest BCUT2D eigenvalue weighted by molar-refractivity contribution is 0.669. The van der Waals surface area contributed by atoms with Crippen molar-refractivity contribution < 1.29 is 4.42 Å². The third-order valence-electron chi connectivity index (χ3n) is 11.1. The molecule has 0 aliphatic carbocycles. The van der Waals surface area contributed by atoms with E-state index >= 15 is 0 Å². The third-order valence-corrected chi connectivity index (χ3v) is 11.1. The van der Waals surface area contributed by atoms with Crippen LogP contribution in [0.3, 0.4) is 0 Å². The number of fused-ring (bicyclic) bond motifs is 9. The maximum Gasteiger partial charge on any atom is 0.137 e. The molecular formula is C52H33NO. The molecule has 0 atom stereocenters. The fourth-order valence-electron chi connectivity index (χ4n) is 8.47. The van der Waals surface area contributed by atoms with Gasteiger partial charge in [-0.05, 0) is 108 Å². The Morgan fingerprint density at radius 1 is 0.278 bits per heavy atom. The molecule has 1 aromatic heterocycles. The minimum absolute atomic E-state index is 0.873. The summed E-state index contributed by atoms with van der Waals surface area (Å²) < 4.78 is 6.39. The summed E-state index contributed by atoms with van der Waals surface area (Å²) in [6, 6.07) is 72.3. The molecule has 0 amide bonds. The molecule has 0 spiro atoms. The summed E-state index contributed by atoms with van der Waals surface area (Å²) in [5.74, 6) is 0. The van der Waals surface area contributed by atoms with Gasteiger partial charge in [-0.3, -0.25) is 0 Å². The van der Waals surface area contributed by atoms with E-state index in [0.717, 1.165) is 39.0 Å². The predicted molar refractivity (Wildman–Crippen MR) is 229 cm³/mol. The van der Waals surface area contributed by atoms with E-state index in [9.17, 15) is 0 Å². The minimum Gasteiger partial charge on any atom is -0.456 e. The van der Waals surface area contributed by atoms with Crippen molar-refractivity contribution in [2.75, 3.05) is 4.90 Å². The van der Waals surface area contributed by atoms with E-state index in [1.54, 1.807) is 0 Å². The Bertz CT molecular complexity index is 3050. The molecule has 11 aromatic rings. The van der Waals surface area contributed by atoms with Crippen molar-refractivity contribution in [3.8, 4) is 22.3 Å². The quantitative estimate of drug-likeness (QED) is 0.168. The van der Waals surface area contributed by atoms with Gasteiger partial charge in [0.2, 0.25) is 0 Å². The van der Waals surface area contributed by atoms with Crippen molar-refractivity contribution in [3.63, 3.8) is 0 Å². The fourth-order valence-corrected chi connectivity index (χ4v) is 8.47. The Kier molecular flexibility index (Phi) is 6.90. The van der Waals surface area contributed by atoms with E-state index in [0.29, 0.717) is 0 Å². The number of para-hydroxylation sites is 1. The van der Waals surface area contributed by atoms with Crippen molar-refractivity contribution in [1.29, 1.82) is 0 Å². The first-order valence-corrected chi connectivity index (χ1v) is 18.5. The number of anilines is 3. The molecule has 0 bridgehead atoms. The molecule has 0 fully saturated rings. The summed E-state index contributed by atoms with van der Waals surface area (Å²) in [7, 11) is 0. The molecule has 11 rings (SSSR count). The Balaban J connectivity index is 1.03. The summed E-state index contributed by atoms with van der Waals surface area (Å²) in [4.78, 5) is 2.33. The van der Waals surface area contributed by atoms with Crippen LogP contribution in [0, 0.1) is 0 Å². The van der Waals surface area contributed by atoms with Gasteiger partial charge >= 0.3 is 0 Å². The van der Waals surface area contributed by atoms with Crippen molar-refractivity contribution in [2.24, 2.45) is 0 Å². The van der Waals surface area contributed by atoms with Gasteiger partial charge in [-0.15, -0.1) is 0 Å². The van der Waals surface area contributed by atoms with E-state index in [4.69, 9.17) is 4.42 Å². The van der Waals surface area contributed by atoms with Gasteiger partial charge in [0.25, 0.3) is 0 Å². The molecule has 54 heavy (non-hydrogen) atoms. The highest BCUT2D eigenvalue weighted by molar-refractivity contribution is 6.13. The van der Waals surface area contributed by atoms with Crippen LogP contribution in [0.2, 0.25) is 0 Å². The van der Waals surface area contributed by atoms with Crippen LogP contribution in [0.5, 0.6) is 0 Å². The number of furan rings is 1. The lowest BCUT2D eigenvalue weighted by Crippen LogP contribution is -2.09. The number of hydrogen-bond donors (Lipinski definition) is 0. The second-order valence-corrected chi connectivity index (χ2v) is 14.1. The Morgan fingerprint density at radius 3 is 1.30 bits per heavy atom. The van der Waals surface area contributed by atoms with Crippen molar-refractivity contribution in [2.45, 2.75) is 0 Å². The zero-order valence-electron chi connectivity index (χ0n) is 29.4. The summed E-state index contributed by atoms with van der Waals surface area (Å²) in [6.45, 7) is 0. The highest BCUT2D eigenvalue weighted by Gasteiger charge is 2.17. The van der Waals surface area contributed by atoms with E-state index in [-0.39, 0.29) is 0 Å². The number of benzene rings is 10. The second-order valence-electron chi connectivity index (χ2n) is 14.1. The lowest BCUT2D eigenvalue weighted by atomic mass is 9.94. The van der Waals surface area contributed by atoms with Crippen LogP contribution in [-0.4, -0.2) is 0 Å². The number of rotatable bonds is 5. The average molecular weight is 688 g/mol. The summed E-state index contributed by atoms with van der Waals surface area (Å²) >= 11 is 0. The molecule has 0 saturated heterocycles. The van der Waals surface area contributed by atoms with E-state index < -0.39 is 0 Å². The monoisotopic (exact) mass is 687 g/mol. The van der Waals surface area contributed by atoms with Crippen molar-refractivity contribution in [3.05, 3.63) is 200 Å². The fraction of sp³-hybridized carbons (Fsp3) is 0. The highest BCUT2D eigenvalue weighted by Crippen LogP contribution is 2.41. The molecule has 0 saturated carbocycles. The van der Waals surface area contributed by atoms with Crippen LogP contribution < -0.4 is 4.90 Å². The maximum atomic E-state index is 6.39. The molecule has 10 aromatic carbocycles. The van der Waals surface area contributed by atoms with Crippen LogP contribution in [-0.2, 0) is 0 Å². The first-order valence-electron chi connectivity index (χ1n) is 18.5. The molecule has 2 heteroatoms. The normalized spacial score (nSPS) is 11.7. The van der Waals surface area contributed by atoms with Gasteiger partial charge < -0.3 is 9.32 Å². The highest BCUT2D eigenvalue weighted by atomic mass is 16.3. The van der Waals surface area contributed by atoms with Crippen LogP contribution in [0.15, 0.2) is 205 Å².